The highest BCUT2D eigenvalue weighted by Gasteiger charge is 2.26. The zero-order chi connectivity index (χ0) is 15.0. The quantitative estimate of drug-likeness (QED) is 0.833. The van der Waals surface area contributed by atoms with Crippen LogP contribution in [0.5, 0.6) is 0 Å². The van der Waals surface area contributed by atoms with Crippen molar-refractivity contribution in [3.05, 3.63) is 34.5 Å². The van der Waals surface area contributed by atoms with Crippen molar-refractivity contribution < 1.29 is 9.21 Å². The number of furan rings is 1. The molecule has 0 unspecified atom stereocenters. The van der Waals surface area contributed by atoms with Crippen molar-refractivity contribution >= 4 is 32.8 Å². The summed E-state index contributed by atoms with van der Waals surface area (Å²) in [4.78, 5) is 16.7. The largest absolute Gasteiger partial charge is 0.451 e. The van der Waals surface area contributed by atoms with E-state index in [-0.39, 0.29) is 5.91 Å². The van der Waals surface area contributed by atoms with Crippen molar-refractivity contribution in [3.8, 4) is 0 Å². The third-order valence-corrected chi connectivity index (χ3v) is 4.97. The van der Waals surface area contributed by atoms with Gasteiger partial charge in [0.25, 0.3) is 5.91 Å². The van der Waals surface area contributed by atoms with Gasteiger partial charge in [0.1, 0.15) is 5.58 Å². The average molecular weight is 351 g/mol. The molecule has 0 spiro atoms. The van der Waals surface area contributed by atoms with E-state index in [1.165, 1.54) is 0 Å². The number of halogens is 1. The molecule has 1 aromatic carbocycles. The van der Waals surface area contributed by atoms with Crippen LogP contribution in [0.4, 0.5) is 0 Å². The molecule has 1 fully saturated rings. The molecule has 0 radical (unpaired) electrons. The standard InChI is InChI=1S/C16H19BrN2O2/c1-18-8-6-11(7-9-18)19(2)16(20)15-10-12-13(17)4-3-5-14(12)21-15/h3-5,10-11H,6-9H2,1-2H3. The highest BCUT2D eigenvalue weighted by molar-refractivity contribution is 9.10. The first-order chi connectivity index (χ1) is 10.1. The molecule has 4 nitrogen and oxygen atoms in total. The van der Waals surface area contributed by atoms with E-state index in [2.05, 4.69) is 27.9 Å². The normalized spacial score (nSPS) is 17.3. The van der Waals surface area contributed by atoms with Crippen LogP contribution in [0, 0.1) is 0 Å². The first kappa shape index (κ1) is 14.6. The van der Waals surface area contributed by atoms with Gasteiger partial charge in [0.15, 0.2) is 5.76 Å². The van der Waals surface area contributed by atoms with Gasteiger partial charge in [0.05, 0.1) is 0 Å². The predicted octanol–water partition coefficient (Wildman–Crippen LogP) is 3.36. The molecular formula is C16H19BrN2O2. The number of likely N-dealkylation sites (tertiary alicyclic amines) is 1. The Morgan fingerprint density at radius 1 is 1.38 bits per heavy atom. The van der Waals surface area contributed by atoms with E-state index >= 15 is 0 Å². The van der Waals surface area contributed by atoms with Crippen LogP contribution < -0.4 is 0 Å². The second-order valence-corrected chi connectivity index (χ2v) is 6.57. The van der Waals surface area contributed by atoms with E-state index in [1.807, 2.05) is 36.2 Å². The van der Waals surface area contributed by atoms with Crippen molar-refractivity contribution in [1.29, 1.82) is 0 Å². The van der Waals surface area contributed by atoms with Crippen LogP contribution in [-0.4, -0.2) is 48.9 Å². The van der Waals surface area contributed by atoms with Crippen LogP contribution in [0.15, 0.2) is 33.2 Å². The summed E-state index contributed by atoms with van der Waals surface area (Å²) in [5.74, 6) is 0.381. The second-order valence-electron chi connectivity index (χ2n) is 5.71. The lowest BCUT2D eigenvalue weighted by Crippen LogP contribution is -2.44. The number of rotatable bonds is 2. The number of hydrogen-bond acceptors (Lipinski definition) is 3. The van der Waals surface area contributed by atoms with Crippen molar-refractivity contribution in [2.24, 2.45) is 0 Å². The van der Waals surface area contributed by atoms with Gasteiger partial charge < -0.3 is 14.2 Å². The molecule has 3 rings (SSSR count). The zero-order valence-electron chi connectivity index (χ0n) is 12.3. The highest BCUT2D eigenvalue weighted by Crippen LogP contribution is 2.28. The Morgan fingerprint density at radius 2 is 2.10 bits per heavy atom. The van der Waals surface area contributed by atoms with Crippen molar-refractivity contribution in [1.82, 2.24) is 9.80 Å². The fourth-order valence-electron chi connectivity index (χ4n) is 2.85. The van der Waals surface area contributed by atoms with Gasteiger partial charge in [-0.15, -0.1) is 0 Å². The van der Waals surface area contributed by atoms with E-state index in [4.69, 9.17) is 4.42 Å². The van der Waals surface area contributed by atoms with E-state index in [1.54, 1.807) is 0 Å². The number of carbonyl (C=O) groups excluding carboxylic acids is 1. The number of benzene rings is 1. The summed E-state index contributed by atoms with van der Waals surface area (Å²) in [7, 11) is 4.00. The minimum Gasteiger partial charge on any atom is -0.451 e. The average Bonchev–Trinajstić information content (AvgIpc) is 2.92. The van der Waals surface area contributed by atoms with Gasteiger partial charge in [-0.25, -0.2) is 0 Å². The molecule has 112 valence electrons. The Hall–Kier alpha value is -1.33. The Kier molecular flexibility index (Phi) is 4.04. The zero-order valence-corrected chi connectivity index (χ0v) is 13.9. The molecular weight excluding hydrogens is 332 g/mol. The molecule has 0 bridgehead atoms. The van der Waals surface area contributed by atoms with E-state index in [9.17, 15) is 4.79 Å². The molecule has 0 atom stereocenters. The van der Waals surface area contributed by atoms with Crippen LogP contribution >= 0.6 is 15.9 Å². The van der Waals surface area contributed by atoms with Gasteiger partial charge in [0.2, 0.25) is 0 Å². The van der Waals surface area contributed by atoms with E-state index < -0.39 is 0 Å². The summed E-state index contributed by atoms with van der Waals surface area (Å²) in [6, 6.07) is 7.86. The number of carbonyl (C=O) groups is 1. The molecule has 0 aliphatic carbocycles. The molecule has 2 heterocycles. The van der Waals surface area contributed by atoms with Gasteiger partial charge in [-0.05, 0) is 51.2 Å². The van der Waals surface area contributed by atoms with Gasteiger partial charge in [-0.3, -0.25) is 4.79 Å². The molecule has 1 amide bonds. The van der Waals surface area contributed by atoms with Gasteiger partial charge in [-0.2, -0.15) is 0 Å². The lowest BCUT2D eigenvalue weighted by atomic mass is 10.0. The molecule has 1 aliphatic heterocycles. The monoisotopic (exact) mass is 350 g/mol. The minimum atomic E-state index is -0.0346. The summed E-state index contributed by atoms with van der Waals surface area (Å²) in [6.07, 6.45) is 2.03. The van der Waals surface area contributed by atoms with Crippen LogP contribution in [0.3, 0.4) is 0 Å². The maximum absolute atomic E-state index is 12.6. The molecule has 5 heteroatoms. The molecule has 1 aliphatic rings. The van der Waals surface area contributed by atoms with Gasteiger partial charge >= 0.3 is 0 Å². The van der Waals surface area contributed by atoms with Gasteiger partial charge in [0, 0.05) is 22.9 Å². The Balaban J connectivity index is 1.81. The number of piperidine rings is 1. The Morgan fingerprint density at radius 3 is 2.76 bits per heavy atom. The molecule has 0 saturated carbocycles. The molecule has 1 aromatic heterocycles. The molecule has 0 N–H and O–H groups in total. The number of nitrogens with zero attached hydrogens (tertiary/aromatic N) is 2. The van der Waals surface area contributed by atoms with Gasteiger partial charge in [-0.1, -0.05) is 22.0 Å². The van der Waals surface area contributed by atoms with Crippen molar-refractivity contribution in [3.63, 3.8) is 0 Å². The van der Waals surface area contributed by atoms with Crippen molar-refractivity contribution in [2.45, 2.75) is 18.9 Å². The Labute approximate surface area is 132 Å². The first-order valence-electron chi connectivity index (χ1n) is 7.20. The maximum Gasteiger partial charge on any atom is 0.289 e. The lowest BCUT2D eigenvalue weighted by molar-refractivity contribution is 0.0630. The number of hydrogen-bond donors (Lipinski definition) is 0. The smallest absolute Gasteiger partial charge is 0.289 e. The fraction of sp³-hybridized carbons (Fsp3) is 0.438. The SMILES string of the molecule is CN1CCC(N(C)C(=O)c2cc3c(Br)cccc3o2)CC1. The summed E-state index contributed by atoms with van der Waals surface area (Å²) in [5, 5.41) is 0.942. The minimum absolute atomic E-state index is 0.0346. The molecule has 21 heavy (non-hydrogen) atoms. The van der Waals surface area contributed by atoms with Crippen molar-refractivity contribution in [2.75, 3.05) is 27.2 Å². The summed E-state index contributed by atoms with van der Waals surface area (Å²) in [5.41, 5.74) is 0.740. The first-order valence-corrected chi connectivity index (χ1v) is 7.99. The summed E-state index contributed by atoms with van der Waals surface area (Å²) in [6.45, 7) is 2.07. The fourth-order valence-corrected chi connectivity index (χ4v) is 3.32. The van der Waals surface area contributed by atoms with Crippen LogP contribution in [0.2, 0.25) is 0 Å². The second kappa shape index (κ2) is 5.81. The third kappa shape index (κ3) is 2.85. The van der Waals surface area contributed by atoms with E-state index in [0.717, 1.165) is 41.4 Å². The highest BCUT2D eigenvalue weighted by atomic mass is 79.9. The lowest BCUT2D eigenvalue weighted by Gasteiger charge is -2.34. The van der Waals surface area contributed by atoms with Crippen LogP contribution in [0.25, 0.3) is 11.0 Å². The molecule has 2 aromatic rings. The van der Waals surface area contributed by atoms with E-state index in [0.29, 0.717) is 11.8 Å². The summed E-state index contributed by atoms with van der Waals surface area (Å²) < 4.78 is 6.66. The number of fused-ring (bicyclic) bond motifs is 1. The number of amides is 1. The summed E-state index contributed by atoms with van der Waals surface area (Å²) >= 11 is 3.49. The topological polar surface area (TPSA) is 36.7 Å². The maximum atomic E-state index is 12.6. The van der Waals surface area contributed by atoms with Crippen LogP contribution in [0.1, 0.15) is 23.4 Å². The van der Waals surface area contributed by atoms with Crippen LogP contribution in [-0.2, 0) is 0 Å². The third-order valence-electron chi connectivity index (χ3n) is 4.28. The molecule has 1 saturated heterocycles. The predicted molar refractivity (Wildman–Crippen MR) is 86.5 cm³/mol. The Bertz CT molecular complexity index is 659.